The van der Waals surface area contributed by atoms with E-state index in [2.05, 4.69) is 20.4 Å². The average Bonchev–Trinajstić information content (AvgIpc) is 3.04. The Balaban J connectivity index is 2.10. The quantitative estimate of drug-likeness (QED) is 0.522. The molecule has 2 heterocycles. The Morgan fingerprint density at radius 2 is 1.96 bits per heavy atom. The van der Waals surface area contributed by atoms with Crippen molar-refractivity contribution in [1.82, 2.24) is 20.4 Å². The molecule has 0 bridgehead atoms. The Labute approximate surface area is 136 Å². The Kier molecular flexibility index (Phi) is 2.96. The third-order valence-corrected chi connectivity index (χ3v) is 4.24. The van der Waals surface area contributed by atoms with Gasteiger partial charge in [0.05, 0.1) is 22.9 Å². The van der Waals surface area contributed by atoms with Gasteiger partial charge >= 0.3 is 0 Å². The summed E-state index contributed by atoms with van der Waals surface area (Å²) in [6, 6.07) is 9.59. The van der Waals surface area contributed by atoms with Gasteiger partial charge in [0.25, 0.3) is 5.91 Å². The number of nitrogen functional groups attached to an aromatic ring is 1. The van der Waals surface area contributed by atoms with Gasteiger partial charge in [0.1, 0.15) is 0 Å². The van der Waals surface area contributed by atoms with Crippen LogP contribution in [0.4, 0.5) is 5.69 Å². The van der Waals surface area contributed by atoms with Crippen molar-refractivity contribution in [3.8, 4) is 11.1 Å². The highest BCUT2D eigenvalue weighted by molar-refractivity contribution is 6.10. The SMILES string of the molecule is Cc1c(-c2cccc3nnc(C(N)=O)c(N)c23)ccc2[nH]ncc12. The highest BCUT2D eigenvalue weighted by atomic mass is 16.1. The van der Waals surface area contributed by atoms with Gasteiger partial charge < -0.3 is 11.5 Å². The van der Waals surface area contributed by atoms with Crippen molar-refractivity contribution in [3.05, 3.63) is 47.8 Å². The topological polar surface area (TPSA) is 124 Å². The number of carbonyl (C=O) groups is 1. The number of hydrogen-bond acceptors (Lipinski definition) is 5. The molecule has 2 aromatic heterocycles. The Morgan fingerprint density at radius 3 is 2.75 bits per heavy atom. The number of benzene rings is 2. The molecular formula is C17H14N6O. The summed E-state index contributed by atoms with van der Waals surface area (Å²) in [6.45, 7) is 2.02. The molecule has 4 rings (SSSR count). The molecule has 7 heteroatoms. The number of aromatic nitrogens is 4. The molecule has 5 N–H and O–H groups in total. The second kappa shape index (κ2) is 5.02. The van der Waals surface area contributed by atoms with Gasteiger partial charge in [-0.25, -0.2) is 0 Å². The van der Waals surface area contributed by atoms with E-state index in [1.54, 1.807) is 12.3 Å². The number of H-pyrrole nitrogens is 1. The van der Waals surface area contributed by atoms with Gasteiger partial charge in [0.2, 0.25) is 0 Å². The molecule has 1 amide bonds. The fourth-order valence-corrected chi connectivity index (χ4v) is 3.04. The lowest BCUT2D eigenvalue weighted by Crippen LogP contribution is -2.16. The van der Waals surface area contributed by atoms with Crippen molar-refractivity contribution in [2.75, 3.05) is 5.73 Å². The molecule has 0 saturated carbocycles. The number of amides is 1. The van der Waals surface area contributed by atoms with Crippen molar-refractivity contribution in [3.63, 3.8) is 0 Å². The zero-order chi connectivity index (χ0) is 16.8. The summed E-state index contributed by atoms with van der Waals surface area (Å²) >= 11 is 0. The molecule has 0 radical (unpaired) electrons. The summed E-state index contributed by atoms with van der Waals surface area (Å²) in [5.41, 5.74) is 16.3. The molecule has 0 spiro atoms. The molecule has 4 aromatic rings. The number of nitrogens with two attached hydrogens (primary N) is 2. The van der Waals surface area contributed by atoms with Gasteiger partial charge in [-0.3, -0.25) is 9.89 Å². The van der Waals surface area contributed by atoms with E-state index in [0.29, 0.717) is 10.9 Å². The van der Waals surface area contributed by atoms with E-state index < -0.39 is 5.91 Å². The van der Waals surface area contributed by atoms with Crippen LogP contribution in [-0.2, 0) is 0 Å². The van der Waals surface area contributed by atoms with E-state index in [1.165, 1.54) is 0 Å². The lowest BCUT2D eigenvalue weighted by Gasteiger charge is -2.12. The smallest absolute Gasteiger partial charge is 0.271 e. The van der Waals surface area contributed by atoms with E-state index in [4.69, 9.17) is 11.5 Å². The third kappa shape index (κ3) is 1.91. The third-order valence-electron chi connectivity index (χ3n) is 4.24. The number of nitrogens with one attached hydrogen (secondary N) is 1. The Morgan fingerprint density at radius 1 is 1.12 bits per heavy atom. The number of nitrogens with zero attached hydrogens (tertiary/aromatic N) is 3. The van der Waals surface area contributed by atoms with Crippen LogP contribution in [0, 0.1) is 6.92 Å². The Hall–Kier alpha value is -3.48. The summed E-state index contributed by atoms with van der Waals surface area (Å²) in [5, 5.41) is 16.7. The molecule has 0 aliphatic rings. The molecule has 0 aliphatic heterocycles. The molecule has 0 fully saturated rings. The molecule has 2 aromatic carbocycles. The summed E-state index contributed by atoms with van der Waals surface area (Å²) in [5.74, 6) is -0.696. The van der Waals surface area contributed by atoms with Crippen LogP contribution in [0.3, 0.4) is 0 Å². The standard InChI is InChI=1S/C17H14N6O/c1-8-9(5-6-12-11(8)7-20-21-12)10-3-2-4-13-14(10)15(18)16(17(19)24)23-22-13/h2-7H,1H3,(H2,18,22)(H2,19,24)(H,20,21). The zero-order valence-corrected chi connectivity index (χ0v) is 12.9. The highest BCUT2D eigenvalue weighted by Gasteiger charge is 2.17. The minimum atomic E-state index is -0.696. The summed E-state index contributed by atoms with van der Waals surface area (Å²) < 4.78 is 0. The van der Waals surface area contributed by atoms with E-state index >= 15 is 0 Å². The van der Waals surface area contributed by atoms with Crippen molar-refractivity contribution in [1.29, 1.82) is 0 Å². The number of aryl methyl sites for hydroxylation is 1. The molecule has 0 saturated heterocycles. The normalized spacial score (nSPS) is 11.2. The van der Waals surface area contributed by atoms with Crippen LogP contribution in [-0.4, -0.2) is 26.3 Å². The maximum absolute atomic E-state index is 11.5. The van der Waals surface area contributed by atoms with Gasteiger partial charge in [-0.15, -0.1) is 10.2 Å². The molecule has 0 unspecified atom stereocenters. The lowest BCUT2D eigenvalue weighted by atomic mass is 9.94. The number of carbonyl (C=O) groups excluding carboxylic acids is 1. The first-order chi connectivity index (χ1) is 11.6. The first-order valence-electron chi connectivity index (χ1n) is 7.35. The monoisotopic (exact) mass is 318 g/mol. The predicted octanol–water partition coefficient (Wildman–Crippen LogP) is 2.16. The number of primary amides is 1. The van der Waals surface area contributed by atoms with Crippen LogP contribution < -0.4 is 11.5 Å². The summed E-state index contributed by atoms with van der Waals surface area (Å²) in [4.78, 5) is 11.5. The van der Waals surface area contributed by atoms with Crippen molar-refractivity contribution in [2.45, 2.75) is 6.92 Å². The highest BCUT2D eigenvalue weighted by Crippen LogP contribution is 2.36. The van der Waals surface area contributed by atoms with Gasteiger partial charge in [-0.2, -0.15) is 5.10 Å². The largest absolute Gasteiger partial charge is 0.396 e. The van der Waals surface area contributed by atoms with E-state index in [1.807, 2.05) is 31.2 Å². The minimum absolute atomic E-state index is 0.0167. The molecule has 24 heavy (non-hydrogen) atoms. The second-order valence-corrected chi connectivity index (χ2v) is 5.60. The van der Waals surface area contributed by atoms with Crippen molar-refractivity contribution < 1.29 is 4.79 Å². The van der Waals surface area contributed by atoms with Crippen LogP contribution >= 0.6 is 0 Å². The van der Waals surface area contributed by atoms with Crippen molar-refractivity contribution >= 4 is 33.4 Å². The summed E-state index contributed by atoms with van der Waals surface area (Å²) in [6.07, 6.45) is 1.79. The summed E-state index contributed by atoms with van der Waals surface area (Å²) in [7, 11) is 0. The molecule has 118 valence electrons. The lowest BCUT2D eigenvalue weighted by molar-refractivity contribution is 0.0996. The second-order valence-electron chi connectivity index (χ2n) is 5.60. The maximum Gasteiger partial charge on any atom is 0.271 e. The van der Waals surface area contributed by atoms with Gasteiger partial charge in [-0.1, -0.05) is 18.2 Å². The first-order valence-corrected chi connectivity index (χ1v) is 7.35. The number of rotatable bonds is 2. The number of aromatic amines is 1. The van der Waals surface area contributed by atoms with Crippen LogP contribution in [0.25, 0.3) is 32.9 Å². The van der Waals surface area contributed by atoms with Crippen LogP contribution in [0.5, 0.6) is 0 Å². The molecule has 0 atom stereocenters. The number of anilines is 1. The number of fused-ring (bicyclic) bond motifs is 2. The van der Waals surface area contributed by atoms with Gasteiger partial charge in [0, 0.05) is 10.8 Å². The Bertz CT molecular complexity index is 1110. The van der Waals surface area contributed by atoms with Crippen LogP contribution in [0.1, 0.15) is 16.1 Å². The van der Waals surface area contributed by atoms with Crippen LogP contribution in [0.2, 0.25) is 0 Å². The zero-order valence-electron chi connectivity index (χ0n) is 12.9. The number of hydrogen-bond donors (Lipinski definition) is 3. The van der Waals surface area contributed by atoms with E-state index in [-0.39, 0.29) is 11.4 Å². The van der Waals surface area contributed by atoms with E-state index in [0.717, 1.165) is 27.6 Å². The minimum Gasteiger partial charge on any atom is -0.396 e. The molecular weight excluding hydrogens is 304 g/mol. The van der Waals surface area contributed by atoms with Crippen LogP contribution in [0.15, 0.2) is 36.5 Å². The molecule has 0 aliphatic carbocycles. The van der Waals surface area contributed by atoms with Crippen molar-refractivity contribution in [2.24, 2.45) is 5.73 Å². The van der Waals surface area contributed by atoms with E-state index in [9.17, 15) is 4.79 Å². The first kappa shape index (κ1) is 14.1. The fraction of sp³-hybridized carbons (Fsp3) is 0.0588. The van der Waals surface area contributed by atoms with Gasteiger partial charge in [0.15, 0.2) is 5.69 Å². The van der Waals surface area contributed by atoms with Gasteiger partial charge in [-0.05, 0) is 35.7 Å². The average molecular weight is 318 g/mol. The molecule has 7 nitrogen and oxygen atoms in total. The predicted molar refractivity (Wildman–Crippen MR) is 92.3 cm³/mol. The fourth-order valence-electron chi connectivity index (χ4n) is 3.04. The maximum atomic E-state index is 11.5.